The number of rotatable bonds is 5. The molecule has 2 heteroatoms. The fourth-order valence-corrected chi connectivity index (χ4v) is 9.21. The van der Waals surface area contributed by atoms with Gasteiger partial charge in [-0.15, -0.1) is 35.4 Å². The third kappa shape index (κ3) is 5.20. The molecule has 1 aromatic heterocycles. The van der Waals surface area contributed by atoms with Crippen molar-refractivity contribution in [3.05, 3.63) is 232 Å². The first-order chi connectivity index (χ1) is 25.6. The molecule has 1 nitrogen and oxygen atoms in total. The normalized spacial score (nSPS) is 16.2. The molecule has 11 rings (SSSR count). The summed E-state index contributed by atoms with van der Waals surface area (Å²) in [6.07, 6.45) is 2.00. The van der Waals surface area contributed by atoms with Gasteiger partial charge in [-0.1, -0.05) is 163 Å². The summed E-state index contributed by atoms with van der Waals surface area (Å²) in [6, 6.07) is 66.0. The minimum atomic E-state index is -0.366. The second-order valence-corrected chi connectivity index (χ2v) is 14.4. The number of hydrogen-bond acceptors (Lipinski definition) is 1. The van der Waals surface area contributed by atoms with Crippen LogP contribution >= 0.6 is 0 Å². The first kappa shape index (κ1) is 33.2. The predicted octanol–water partition coefficient (Wildman–Crippen LogP) is 12.4. The molecule has 3 aliphatic carbocycles. The monoisotopic (exact) mass is 855 g/mol. The van der Waals surface area contributed by atoms with E-state index in [4.69, 9.17) is 4.98 Å². The second kappa shape index (κ2) is 13.1. The molecule has 0 fully saturated rings. The Bertz CT molecular complexity index is 2520. The van der Waals surface area contributed by atoms with Gasteiger partial charge in [-0.05, 0) is 86.3 Å². The van der Waals surface area contributed by atoms with Gasteiger partial charge in [0.1, 0.15) is 0 Å². The van der Waals surface area contributed by atoms with E-state index in [0.717, 1.165) is 22.4 Å². The van der Waals surface area contributed by atoms with E-state index in [9.17, 15) is 0 Å². The van der Waals surface area contributed by atoms with E-state index in [0.29, 0.717) is 0 Å². The topological polar surface area (TPSA) is 12.9 Å². The van der Waals surface area contributed by atoms with Crippen molar-refractivity contribution in [1.82, 2.24) is 4.98 Å². The maximum atomic E-state index is 4.96. The van der Waals surface area contributed by atoms with Crippen molar-refractivity contribution in [2.24, 2.45) is 0 Å². The fourth-order valence-electron chi connectivity index (χ4n) is 9.21. The molecule has 2 bridgehead atoms. The quantitative estimate of drug-likeness (QED) is 0.157. The minimum absolute atomic E-state index is 0. The Morgan fingerprint density at radius 1 is 0.491 bits per heavy atom. The van der Waals surface area contributed by atoms with Gasteiger partial charge < -0.3 is 4.98 Å². The molecule has 0 unspecified atom stereocenters. The molecule has 8 aromatic rings. The van der Waals surface area contributed by atoms with Gasteiger partial charge >= 0.3 is 0 Å². The van der Waals surface area contributed by atoms with Crippen LogP contribution in [0.25, 0.3) is 44.6 Å². The van der Waals surface area contributed by atoms with Crippen LogP contribution in [0.1, 0.15) is 56.0 Å². The van der Waals surface area contributed by atoms with Crippen LogP contribution in [-0.2, 0) is 25.5 Å². The number of benzene rings is 7. The van der Waals surface area contributed by atoms with Crippen LogP contribution in [0.4, 0.5) is 0 Å². The summed E-state index contributed by atoms with van der Waals surface area (Å²) in [5, 5.41) is 0. The third-order valence-electron chi connectivity index (χ3n) is 11.3. The Morgan fingerprint density at radius 2 is 1.02 bits per heavy atom. The van der Waals surface area contributed by atoms with Crippen molar-refractivity contribution in [2.75, 3.05) is 0 Å². The van der Waals surface area contributed by atoms with E-state index in [1.54, 1.807) is 0 Å². The molecule has 1 heterocycles. The van der Waals surface area contributed by atoms with E-state index < -0.39 is 0 Å². The molecule has 0 N–H and O–H groups in total. The van der Waals surface area contributed by atoms with Gasteiger partial charge in [0.15, 0.2) is 0 Å². The van der Waals surface area contributed by atoms with Crippen molar-refractivity contribution < 1.29 is 20.1 Å². The minimum Gasteiger partial charge on any atom is -0.304 e. The summed E-state index contributed by atoms with van der Waals surface area (Å²) < 4.78 is 0. The fraction of sp³-hybridized carbons (Fsp3) is 0.0784. The number of pyridine rings is 1. The first-order valence-electron chi connectivity index (χ1n) is 18.1. The average molecular weight is 855 g/mol. The number of nitrogens with zero attached hydrogens (tertiary/aromatic N) is 1. The predicted molar refractivity (Wildman–Crippen MR) is 214 cm³/mol. The van der Waals surface area contributed by atoms with E-state index in [1.807, 2.05) is 12.3 Å². The van der Waals surface area contributed by atoms with Crippen LogP contribution in [-0.4, -0.2) is 4.98 Å². The molecule has 0 spiro atoms. The van der Waals surface area contributed by atoms with Gasteiger partial charge in [-0.3, -0.25) is 0 Å². The molecular formula is C51H36IrN-. The molecule has 0 amide bonds. The van der Waals surface area contributed by atoms with Gasteiger partial charge in [0, 0.05) is 32.2 Å². The molecular weight excluding hydrogens is 819 g/mol. The van der Waals surface area contributed by atoms with Crippen LogP contribution in [0, 0.1) is 19.9 Å². The SMILES string of the molecule is Cc1cc(C)cc(-c2ccccc2-c2ccc(-c3[c-]ccc(-c4ccc(C56c7ccccc7C(c7ccccc75)c5ccccc56)cc4)c3)nc2)c1.[Ir]. The zero-order valence-corrected chi connectivity index (χ0v) is 32.0. The van der Waals surface area contributed by atoms with Crippen molar-refractivity contribution in [1.29, 1.82) is 0 Å². The van der Waals surface area contributed by atoms with E-state index in [-0.39, 0.29) is 31.4 Å². The van der Waals surface area contributed by atoms with Crippen LogP contribution < -0.4 is 0 Å². The molecule has 1 radical (unpaired) electrons. The Hall–Kier alpha value is -5.66. The number of hydrogen-bond donors (Lipinski definition) is 0. The molecule has 53 heavy (non-hydrogen) atoms. The molecule has 255 valence electrons. The summed E-state index contributed by atoms with van der Waals surface area (Å²) in [6.45, 7) is 4.32. The van der Waals surface area contributed by atoms with Gasteiger partial charge in [0.05, 0.1) is 5.41 Å². The number of aryl methyl sites for hydroxylation is 2. The van der Waals surface area contributed by atoms with Crippen LogP contribution in [0.15, 0.2) is 176 Å². The molecule has 7 aromatic carbocycles. The third-order valence-corrected chi connectivity index (χ3v) is 11.3. The smallest absolute Gasteiger partial charge is 0.0710 e. The molecule has 0 saturated carbocycles. The van der Waals surface area contributed by atoms with Crippen molar-refractivity contribution in [3.8, 4) is 44.6 Å². The largest absolute Gasteiger partial charge is 0.304 e. The zero-order valence-electron chi connectivity index (χ0n) is 29.6. The zero-order chi connectivity index (χ0) is 34.8. The van der Waals surface area contributed by atoms with Crippen LogP contribution in [0.2, 0.25) is 0 Å². The molecule has 0 aliphatic heterocycles. The Morgan fingerprint density at radius 3 is 1.58 bits per heavy atom. The average Bonchev–Trinajstić information content (AvgIpc) is 3.20. The van der Waals surface area contributed by atoms with Crippen molar-refractivity contribution in [3.63, 3.8) is 0 Å². The van der Waals surface area contributed by atoms with Gasteiger partial charge in [-0.2, -0.15) is 0 Å². The summed E-state index contributed by atoms with van der Waals surface area (Å²) in [7, 11) is 0. The molecule has 0 atom stereocenters. The van der Waals surface area contributed by atoms with Crippen molar-refractivity contribution >= 4 is 0 Å². The summed E-state index contributed by atoms with van der Waals surface area (Å²) in [4.78, 5) is 4.96. The Labute approximate surface area is 325 Å². The van der Waals surface area contributed by atoms with Gasteiger partial charge in [-0.25, -0.2) is 0 Å². The Kier molecular flexibility index (Phi) is 8.19. The Balaban J connectivity index is 0.00000372. The summed E-state index contributed by atoms with van der Waals surface area (Å²) in [5.74, 6) is 0.263. The molecule has 0 saturated heterocycles. The van der Waals surface area contributed by atoms with E-state index in [1.165, 1.54) is 72.3 Å². The summed E-state index contributed by atoms with van der Waals surface area (Å²) >= 11 is 0. The van der Waals surface area contributed by atoms with Crippen molar-refractivity contribution in [2.45, 2.75) is 25.2 Å². The van der Waals surface area contributed by atoms with E-state index in [2.05, 4.69) is 184 Å². The first-order valence-corrected chi connectivity index (χ1v) is 18.1. The van der Waals surface area contributed by atoms with Crippen LogP contribution in [0.5, 0.6) is 0 Å². The summed E-state index contributed by atoms with van der Waals surface area (Å²) in [5.41, 5.74) is 20.9. The maximum Gasteiger partial charge on any atom is 0.0710 e. The number of aromatic nitrogens is 1. The maximum absolute atomic E-state index is 4.96. The van der Waals surface area contributed by atoms with E-state index >= 15 is 0 Å². The van der Waals surface area contributed by atoms with Crippen LogP contribution in [0.3, 0.4) is 0 Å². The molecule has 3 aliphatic rings. The second-order valence-electron chi connectivity index (χ2n) is 14.4. The standard InChI is InChI=1S/C51H36N.Ir/c1-33-28-34(2)30-39(29-33)42-15-4-3-14-41(42)38-24-27-49(52-32-38)37-13-11-12-36(31-37)35-22-25-40(26-23-35)51-46-19-8-5-16-43(46)50(44-17-6-9-20-47(44)51)45-18-7-10-21-48(45)51;/h3-12,14-32,50H,1-2H3;/q-1;. The van der Waals surface area contributed by atoms with Gasteiger partial charge in [0.2, 0.25) is 0 Å². The van der Waals surface area contributed by atoms with Gasteiger partial charge in [0.25, 0.3) is 0 Å².